The van der Waals surface area contributed by atoms with Crippen molar-refractivity contribution in [1.29, 1.82) is 0 Å². The number of methoxy groups -OCH3 is 1. The molecule has 0 aliphatic heterocycles. The highest BCUT2D eigenvalue weighted by Gasteiger charge is 2.02. The zero-order valence-electron chi connectivity index (χ0n) is 8.53. The lowest BCUT2D eigenvalue weighted by Crippen LogP contribution is -2.33. The molecule has 5 heteroatoms. The van der Waals surface area contributed by atoms with E-state index < -0.39 is 6.09 Å². The number of carbonyl (C=O) groups is 1. The standard InChI is InChI=1S/C10H12N2O2S/c1-7-3-5-8(6-4-7)11-9(15)12-10(13)14-2/h3-6H,1-2H3,(H2,11,12,13,15). The summed E-state index contributed by atoms with van der Waals surface area (Å²) < 4.78 is 4.40. The van der Waals surface area contributed by atoms with Crippen molar-refractivity contribution >= 4 is 29.1 Å². The molecular weight excluding hydrogens is 212 g/mol. The second kappa shape index (κ2) is 5.31. The molecular formula is C10H12N2O2S. The number of hydrogen-bond acceptors (Lipinski definition) is 3. The van der Waals surface area contributed by atoms with Crippen molar-refractivity contribution < 1.29 is 9.53 Å². The predicted molar refractivity (Wildman–Crippen MR) is 62.9 cm³/mol. The monoisotopic (exact) mass is 224 g/mol. The summed E-state index contributed by atoms with van der Waals surface area (Å²) in [4.78, 5) is 10.8. The Morgan fingerprint density at radius 3 is 2.47 bits per heavy atom. The first-order valence-corrected chi connectivity index (χ1v) is 4.75. The van der Waals surface area contributed by atoms with E-state index in [2.05, 4.69) is 15.4 Å². The van der Waals surface area contributed by atoms with Crippen LogP contribution in [-0.4, -0.2) is 18.3 Å². The van der Waals surface area contributed by atoms with Gasteiger partial charge in [0.25, 0.3) is 0 Å². The van der Waals surface area contributed by atoms with Crippen LogP contribution in [0.4, 0.5) is 10.5 Å². The minimum absolute atomic E-state index is 0.214. The Balaban J connectivity index is 2.51. The van der Waals surface area contributed by atoms with E-state index in [4.69, 9.17) is 12.2 Å². The van der Waals surface area contributed by atoms with Crippen molar-refractivity contribution in [2.75, 3.05) is 12.4 Å². The number of aryl methyl sites for hydroxylation is 1. The Morgan fingerprint density at radius 1 is 1.33 bits per heavy atom. The first-order valence-electron chi connectivity index (χ1n) is 4.34. The molecule has 0 aliphatic carbocycles. The molecule has 80 valence electrons. The lowest BCUT2D eigenvalue weighted by atomic mass is 10.2. The van der Waals surface area contributed by atoms with Crippen LogP contribution in [0, 0.1) is 6.92 Å². The highest BCUT2D eigenvalue weighted by molar-refractivity contribution is 7.80. The maximum absolute atomic E-state index is 10.8. The molecule has 4 nitrogen and oxygen atoms in total. The van der Waals surface area contributed by atoms with Gasteiger partial charge in [0.1, 0.15) is 0 Å². The maximum atomic E-state index is 10.8. The van der Waals surface area contributed by atoms with Gasteiger partial charge in [-0.25, -0.2) is 4.79 Å². The maximum Gasteiger partial charge on any atom is 0.413 e. The van der Waals surface area contributed by atoms with Crippen molar-refractivity contribution in [2.45, 2.75) is 6.92 Å². The number of ether oxygens (including phenoxy) is 1. The average molecular weight is 224 g/mol. The third kappa shape index (κ3) is 3.95. The van der Waals surface area contributed by atoms with Crippen LogP contribution in [0.3, 0.4) is 0 Å². The number of rotatable bonds is 1. The smallest absolute Gasteiger partial charge is 0.413 e. The highest BCUT2D eigenvalue weighted by atomic mass is 32.1. The zero-order chi connectivity index (χ0) is 11.3. The molecule has 0 saturated heterocycles. The van der Waals surface area contributed by atoms with Crippen LogP contribution in [0.2, 0.25) is 0 Å². The van der Waals surface area contributed by atoms with E-state index in [0.29, 0.717) is 0 Å². The zero-order valence-corrected chi connectivity index (χ0v) is 9.35. The Hall–Kier alpha value is -1.62. The fourth-order valence-electron chi connectivity index (χ4n) is 0.943. The second-order valence-corrected chi connectivity index (χ2v) is 3.34. The van der Waals surface area contributed by atoms with Crippen LogP contribution in [0.5, 0.6) is 0 Å². The number of benzene rings is 1. The average Bonchev–Trinajstić information content (AvgIpc) is 2.21. The van der Waals surface area contributed by atoms with Crippen LogP contribution in [-0.2, 0) is 4.74 Å². The van der Waals surface area contributed by atoms with E-state index >= 15 is 0 Å². The molecule has 0 aliphatic rings. The number of thiocarbonyl (C=S) groups is 1. The van der Waals surface area contributed by atoms with E-state index in [0.717, 1.165) is 11.3 Å². The topological polar surface area (TPSA) is 50.4 Å². The van der Waals surface area contributed by atoms with Gasteiger partial charge in [0.15, 0.2) is 5.11 Å². The summed E-state index contributed by atoms with van der Waals surface area (Å²) in [6.45, 7) is 1.99. The first kappa shape index (κ1) is 11.5. The Kier molecular flexibility index (Phi) is 4.05. The van der Waals surface area contributed by atoms with Crippen molar-refractivity contribution in [1.82, 2.24) is 5.32 Å². The molecule has 0 heterocycles. The van der Waals surface area contributed by atoms with E-state index in [-0.39, 0.29) is 5.11 Å². The Morgan fingerprint density at radius 2 is 1.93 bits per heavy atom. The first-order chi connectivity index (χ1) is 7.11. The summed E-state index contributed by atoms with van der Waals surface area (Å²) >= 11 is 4.89. The van der Waals surface area contributed by atoms with Crippen LogP contribution in [0.1, 0.15) is 5.56 Å². The van der Waals surface area contributed by atoms with Gasteiger partial charge in [-0.05, 0) is 31.3 Å². The van der Waals surface area contributed by atoms with Crippen LogP contribution >= 0.6 is 12.2 Å². The molecule has 1 rings (SSSR count). The van der Waals surface area contributed by atoms with Crippen LogP contribution < -0.4 is 10.6 Å². The van der Waals surface area contributed by atoms with Crippen molar-refractivity contribution in [3.63, 3.8) is 0 Å². The van der Waals surface area contributed by atoms with E-state index in [1.54, 1.807) is 0 Å². The molecule has 1 aromatic carbocycles. The van der Waals surface area contributed by atoms with Gasteiger partial charge >= 0.3 is 6.09 Å². The van der Waals surface area contributed by atoms with Gasteiger partial charge in [0.05, 0.1) is 7.11 Å². The highest BCUT2D eigenvalue weighted by Crippen LogP contribution is 2.07. The van der Waals surface area contributed by atoms with E-state index in [9.17, 15) is 4.79 Å². The van der Waals surface area contributed by atoms with E-state index in [1.807, 2.05) is 31.2 Å². The number of nitrogens with one attached hydrogen (secondary N) is 2. The molecule has 0 unspecified atom stereocenters. The minimum Gasteiger partial charge on any atom is -0.453 e. The summed E-state index contributed by atoms with van der Waals surface area (Å²) in [5, 5.41) is 5.42. The number of amides is 1. The predicted octanol–water partition coefficient (Wildman–Crippen LogP) is 2.05. The molecule has 0 atom stereocenters. The van der Waals surface area contributed by atoms with Gasteiger partial charge in [0, 0.05) is 5.69 Å². The molecule has 0 fully saturated rings. The van der Waals surface area contributed by atoms with Crippen molar-refractivity contribution in [3.8, 4) is 0 Å². The Labute approximate surface area is 93.6 Å². The molecule has 1 amide bonds. The van der Waals surface area contributed by atoms with Gasteiger partial charge in [0.2, 0.25) is 0 Å². The van der Waals surface area contributed by atoms with Gasteiger partial charge < -0.3 is 10.1 Å². The second-order valence-electron chi connectivity index (χ2n) is 2.94. The fourth-order valence-corrected chi connectivity index (χ4v) is 1.14. The third-order valence-electron chi connectivity index (χ3n) is 1.71. The summed E-state index contributed by atoms with van der Waals surface area (Å²) in [6, 6.07) is 7.65. The van der Waals surface area contributed by atoms with Crippen LogP contribution in [0.25, 0.3) is 0 Å². The summed E-state index contributed by atoms with van der Waals surface area (Å²) in [5.74, 6) is 0. The molecule has 15 heavy (non-hydrogen) atoms. The molecule has 1 aromatic rings. The summed E-state index contributed by atoms with van der Waals surface area (Å²) in [6.07, 6.45) is -0.584. The SMILES string of the molecule is COC(=O)NC(=S)Nc1ccc(C)cc1. The number of carbonyl (C=O) groups excluding carboxylic acids is 1. The quantitative estimate of drug-likeness (QED) is 0.717. The molecule has 0 bridgehead atoms. The van der Waals surface area contributed by atoms with Crippen LogP contribution in [0.15, 0.2) is 24.3 Å². The lowest BCUT2D eigenvalue weighted by molar-refractivity contribution is 0.177. The van der Waals surface area contributed by atoms with Gasteiger partial charge in [-0.3, -0.25) is 5.32 Å². The van der Waals surface area contributed by atoms with Crippen molar-refractivity contribution in [2.24, 2.45) is 0 Å². The number of anilines is 1. The fraction of sp³-hybridized carbons (Fsp3) is 0.200. The summed E-state index contributed by atoms with van der Waals surface area (Å²) in [7, 11) is 1.28. The molecule has 2 N–H and O–H groups in total. The van der Waals surface area contributed by atoms with Crippen molar-refractivity contribution in [3.05, 3.63) is 29.8 Å². The normalized spacial score (nSPS) is 9.20. The van der Waals surface area contributed by atoms with Gasteiger partial charge in [-0.1, -0.05) is 17.7 Å². The molecule has 0 saturated carbocycles. The van der Waals surface area contributed by atoms with E-state index in [1.165, 1.54) is 7.11 Å². The molecule has 0 aromatic heterocycles. The number of hydrogen-bond donors (Lipinski definition) is 2. The lowest BCUT2D eigenvalue weighted by Gasteiger charge is -2.08. The molecule has 0 spiro atoms. The third-order valence-corrected chi connectivity index (χ3v) is 1.91. The molecule has 0 radical (unpaired) electrons. The number of alkyl carbamates (subject to hydrolysis) is 1. The van der Waals surface area contributed by atoms with Gasteiger partial charge in [-0.2, -0.15) is 0 Å². The Bertz CT molecular complexity index is 362. The summed E-state index contributed by atoms with van der Waals surface area (Å²) in [5.41, 5.74) is 1.98. The minimum atomic E-state index is -0.584. The largest absolute Gasteiger partial charge is 0.453 e. The van der Waals surface area contributed by atoms with Gasteiger partial charge in [-0.15, -0.1) is 0 Å².